The van der Waals surface area contributed by atoms with Gasteiger partial charge in [-0.3, -0.25) is 4.79 Å². The number of ketones is 1. The van der Waals surface area contributed by atoms with Crippen LogP contribution in [-0.4, -0.2) is 84.3 Å². The summed E-state index contributed by atoms with van der Waals surface area (Å²) in [4.78, 5) is 12.8. The van der Waals surface area contributed by atoms with Gasteiger partial charge in [-0.1, -0.05) is 12.1 Å². The van der Waals surface area contributed by atoms with Crippen molar-refractivity contribution in [1.29, 1.82) is 0 Å². The van der Waals surface area contributed by atoms with E-state index in [1.54, 1.807) is 12.1 Å². The third-order valence-electron chi connectivity index (χ3n) is 5.01. The molecule has 5 atom stereocenters. The molecule has 0 bridgehead atoms. The van der Waals surface area contributed by atoms with Crippen LogP contribution in [0.15, 0.2) is 36.4 Å². The Morgan fingerprint density at radius 2 is 1.59 bits per heavy atom. The zero-order chi connectivity index (χ0) is 22.7. The summed E-state index contributed by atoms with van der Waals surface area (Å²) < 4.78 is 10.7. The van der Waals surface area contributed by atoms with Gasteiger partial charge >= 0.3 is 0 Å². The first-order chi connectivity index (χ1) is 14.7. The van der Waals surface area contributed by atoms with E-state index in [2.05, 4.69) is 0 Å². The van der Waals surface area contributed by atoms with Crippen LogP contribution >= 0.6 is 0 Å². The number of carbonyl (C=O) groups is 1. The molecule has 2 aromatic carbocycles. The number of phenolic OH excluding ortho intramolecular Hbond substituents is 3. The number of aliphatic hydroxyl groups is 4. The Hall–Kier alpha value is -2.93. The van der Waals surface area contributed by atoms with Crippen molar-refractivity contribution in [3.63, 3.8) is 0 Å². The third kappa shape index (κ3) is 5.46. The van der Waals surface area contributed by atoms with Crippen LogP contribution in [0.3, 0.4) is 0 Å². The van der Waals surface area contributed by atoms with Gasteiger partial charge in [-0.15, -0.1) is 0 Å². The number of aliphatic hydroxyl groups excluding tert-OH is 4. The summed E-state index contributed by atoms with van der Waals surface area (Å²) in [6.45, 7) is -0.672. The van der Waals surface area contributed by atoms with Gasteiger partial charge in [-0.25, -0.2) is 0 Å². The number of hydrogen-bond donors (Lipinski definition) is 7. The average molecular weight is 454 g/mol. The van der Waals surface area contributed by atoms with Crippen LogP contribution in [0.1, 0.15) is 22.3 Å². The molecule has 1 aliphatic heterocycles. The standard InChI is InChI=1S/C21H24O10.H2O/c22-9-16-18(27)19(28)20(29)21(31-16)30-15-8-12(24)7-14(26)17(15)13(25)6-3-10-1-4-11(23)5-2-10;/h1-2,4-5,7-8,16,18-24,26-29H,3,6,9H2;1H2/t16-,18-,19+,20-,21?;/m1./s1. The Bertz CT molecular complexity index is 913. The summed E-state index contributed by atoms with van der Waals surface area (Å²) >= 11 is 0. The molecule has 1 aliphatic rings. The number of ether oxygens (including phenoxy) is 2. The predicted molar refractivity (Wildman–Crippen MR) is 109 cm³/mol. The van der Waals surface area contributed by atoms with Crippen molar-refractivity contribution in [3.8, 4) is 23.0 Å². The summed E-state index contributed by atoms with van der Waals surface area (Å²) in [6, 6.07) is 8.23. The number of phenols is 3. The quantitative estimate of drug-likeness (QED) is 0.253. The molecule has 0 amide bonds. The van der Waals surface area contributed by atoms with Crippen molar-refractivity contribution in [1.82, 2.24) is 0 Å². The Balaban J connectivity index is 0.00000363. The molecule has 1 fully saturated rings. The lowest BCUT2D eigenvalue weighted by atomic mass is 9.99. The average Bonchev–Trinajstić information content (AvgIpc) is 2.73. The highest BCUT2D eigenvalue weighted by molar-refractivity contribution is 6.01. The molecular weight excluding hydrogens is 428 g/mol. The molecule has 11 nitrogen and oxygen atoms in total. The van der Waals surface area contributed by atoms with E-state index in [1.165, 1.54) is 12.1 Å². The van der Waals surface area contributed by atoms with Crippen molar-refractivity contribution in [2.75, 3.05) is 6.61 Å². The van der Waals surface area contributed by atoms with Gasteiger partial charge in [0.15, 0.2) is 5.78 Å². The highest BCUT2D eigenvalue weighted by Crippen LogP contribution is 2.36. The topological polar surface area (TPSA) is 209 Å². The molecule has 11 heteroatoms. The van der Waals surface area contributed by atoms with E-state index in [4.69, 9.17) is 9.47 Å². The zero-order valence-corrected chi connectivity index (χ0v) is 16.8. The summed E-state index contributed by atoms with van der Waals surface area (Å²) in [5.41, 5.74) is 0.495. The number of aromatic hydroxyl groups is 3. The lowest BCUT2D eigenvalue weighted by Crippen LogP contribution is -2.60. The second-order valence-corrected chi connectivity index (χ2v) is 7.24. The van der Waals surface area contributed by atoms with E-state index < -0.39 is 54.6 Å². The molecule has 0 spiro atoms. The van der Waals surface area contributed by atoms with Gasteiger partial charge in [0.1, 0.15) is 53.0 Å². The third-order valence-corrected chi connectivity index (χ3v) is 5.01. The summed E-state index contributed by atoms with van der Waals surface area (Å²) in [7, 11) is 0. The molecule has 2 aromatic rings. The number of rotatable bonds is 7. The normalized spacial score (nSPS) is 25.1. The molecule has 1 saturated heterocycles. The number of aryl methyl sites for hydroxylation is 1. The number of carbonyl (C=O) groups excluding carboxylic acids is 1. The minimum Gasteiger partial charge on any atom is -0.508 e. The van der Waals surface area contributed by atoms with Crippen molar-refractivity contribution in [3.05, 3.63) is 47.5 Å². The van der Waals surface area contributed by atoms with Crippen LogP contribution in [0.5, 0.6) is 23.0 Å². The van der Waals surface area contributed by atoms with Gasteiger partial charge in [-0.2, -0.15) is 0 Å². The molecule has 0 radical (unpaired) electrons. The van der Waals surface area contributed by atoms with E-state index in [-0.39, 0.29) is 29.0 Å². The van der Waals surface area contributed by atoms with Crippen molar-refractivity contribution >= 4 is 5.78 Å². The second-order valence-electron chi connectivity index (χ2n) is 7.24. The fourth-order valence-corrected chi connectivity index (χ4v) is 3.30. The fourth-order valence-electron chi connectivity index (χ4n) is 3.30. The zero-order valence-electron chi connectivity index (χ0n) is 16.8. The predicted octanol–water partition coefficient (Wildman–Crippen LogP) is -1.03. The first-order valence-electron chi connectivity index (χ1n) is 9.55. The fraction of sp³-hybridized carbons (Fsp3) is 0.381. The minimum atomic E-state index is -1.73. The highest BCUT2D eigenvalue weighted by Gasteiger charge is 2.45. The van der Waals surface area contributed by atoms with E-state index in [9.17, 15) is 40.5 Å². The minimum absolute atomic E-state index is 0. The summed E-state index contributed by atoms with van der Waals surface area (Å²) in [5, 5.41) is 68.6. The molecule has 3 rings (SSSR count). The van der Waals surface area contributed by atoms with Gasteiger partial charge in [0, 0.05) is 18.6 Å². The molecule has 1 heterocycles. The van der Waals surface area contributed by atoms with Crippen molar-refractivity contribution < 1.29 is 55.5 Å². The maximum absolute atomic E-state index is 12.8. The smallest absolute Gasteiger partial charge is 0.229 e. The van der Waals surface area contributed by atoms with Gasteiger partial charge in [0.05, 0.1) is 6.61 Å². The Labute approximate surface area is 182 Å². The molecule has 0 saturated carbocycles. The van der Waals surface area contributed by atoms with Gasteiger partial charge in [0.2, 0.25) is 6.29 Å². The number of Topliss-reactive ketones (excluding diaryl/α,β-unsaturated/α-hetero) is 1. The monoisotopic (exact) mass is 454 g/mol. The first kappa shape index (κ1) is 25.3. The van der Waals surface area contributed by atoms with Crippen LogP contribution < -0.4 is 4.74 Å². The van der Waals surface area contributed by atoms with E-state index in [0.717, 1.165) is 17.7 Å². The lowest BCUT2D eigenvalue weighted by molar-refractivity contribution is -0.277. The van der Waals surface area contributed by atoms with Crippen LogP contribution in [-0.2, 0) is 11.2 Å². The number of benzene rings is 2. The Kier molecular flexibility index (Phi) is 8.38. The van der Waals surface area contributed by atoms with Crippen LogP contribution in [0.25, 0.3) is 0 Å². The lowest BCUT2D eigenvalue weighted by Gasteiger charge is -2.39. The summed E-state index contributed by atoms with van der Waals surface area (Å²) in [6.07, 6.45) is -7.61. The Morgan fingerprint density at radius 3 is 2.22 bits per heavy atom. The maximum Gasteiger partial charge on any atom is 0.229 e. The molecular formula is C21H26O11. The maximum atomic E-state index is 12.8. The van der Waals surface area contributed by atoms with Gasteiger partial charge in [0.25, 0.3) is 0 Å². The van der Waals surface area contributed by atoms with E-state index >= 15 is 0 Å². The van der Waals surface area contributed by atoms with E-state index in [1.807, 2.05) is 0 Å². The molecule has 9 N–H and O–H groups in total. The second kappa shape index (κ2) is 10.6. The van der Waals surface area contributed by atoms with Crippen LogP contribution in [0.4, 0.5) is 0 Å². The van der Waals surface area contributed by atoms with Gasteiger partial charge in [-0.05, 0) is 24.1 Å². The van der Waals surface area contributed by atoms with Gasteiger partial charge < -0.3 is 50.7 Å². The Morgan fingerprint density at radius 1 is 0.938 bits per heavy atom. The van der Waals surface area contributed by atoms with E-state index in [0.29, 0.717) is 6.42 Å². The van der Waals surface area contributed by atoms with Crippen LogP contribution in [0, 0.1) is 0 Å². The highest BCUT2D eigenvalue weighted by atomic mass is 16.7. The first-order valence-corrected chi connectivity index (χ1v) is 9.55. The largest absolute Gasteiger partial charge is 0.508 e. The molecule has 0 aromatic heterocycles. The molecule has 176 valence electrons. The van der Waals surface area contributed by atoms with Crippen LogP contribution in [0.2, 0.25) is 0 Å². The molecule has 32 heavy (non-hydrogen) atoms. The van der Waals surface area contributed by atoms with Crippen molar-refractivity contribution in [2.45, 2.75) is 43.5 Å². The summed E-state index contributed by atoms with van der Waals surface area (Å²) in [5.74, 6) is -1.74. The molecule has 1 unspecified atom stereocenters. The van der Waals surface area contributed by atoms with Crippen molar-refractivity contribution in [2.24, 2.45) is 0 Å². The number of hydrogen-bond acceptors (Lipinski definition) is 10. The molecule has 0 aliphatic carbocycles. The SMILES string of the molecule is O.O=C(CCc1ccc(O)cc1)c1c(O)cc(O)cc1OC1O[C@H](CO)[C@@H](O)[C@H](O)[C@H]1O.